The molecule has 3 aromatic heterocycles. The summed E-state index contributed by atoms with van der Waals surface area (Å²) in [6.45, 7) is 6.30. The largest absolute Gasteiger partial charge is 0.496 e. The molecule has 0 spiro atoms. The Kier molecular flexibility index (Phi) is 8.32. The number of halogens is 1. The molecule has 0 fully saturated rings. The van der Waals surface area contributed by atoms with Gasteiger partial charge in [-0.05, 0) is 39.0 Å². The number of methoxy groups -OCH3 is 1. The highest BCUT2D eigenvalue weighted by atomic mass is 32.1. The van der Waals surface area contributed by atoms with Gasteiger partial charge in [0.15, 0.2) is 5.78 Å². The van der Waals surface area contributed by atoms with Gasteiger partial charge >= 0.3 is 5.69 Å². The highest BCUT2D eigenvalue weighted by Crippen LogP contribution is 2.34. The Hall–Kier alpha value is -4.15. The molecule has 210 valence electrons. The van der Waals surface area contributed by atoms with Gasteiger partial charge in [0.05, 0.1) is 50.5 Å². The summed E-state index contributed by atoms with van der Waals surface area (Å²) < 4.78 is 28.2. The van der Waals surface area contributed by atoms with E-state index < -0.39 is 28.7 Å². The molecule has 0 N–H and O–H groups in total. The van der Waals surface area contributed by atoms with Crippen molar-refractivity contribution in [1.29, 1.82) is 5.26 Å². The fourth-order valence-corrected chi connectivity index (χ4v) is 5.89. The Morgan fingerprint density at radius 3 is 2.58 bits per heavy atom. The first-order chi connectivity index (χ1) is 19.1. The van der Waals surface area contributed by atoms with Crippen molar-refractivity contribution in [3.63, 3.8) is 0 Å². The first-order valence-corrected chi connectivity index (χ1v) is 13.4. The van der Waals surface area contributed by atoms with E-state index in [2.05, 4.69) is 10.2 Å². The van der Waals surface area contributed by atoms with Gasteiger partial charge in [0.2, 0.25) is 0 Å². The standard InChI is InChI=1S/C27H29FN6O5S/c1-6-21(35)27(3,4)33-23(36)22-16(2)24(34-30-11-12-31-34)40-25(22)32(26(33)37)15-20(39-13-7-10-29)18-14-17(28)8-9-19(18)38-5/h8-9,11-12,14,20H,6-7,13,15H2,1-5H3/t20-/m0/s1. The number of nitriles is 1. The monoisotopic (exact) mass is 568 g/mol. The number of rotatable bonds is 11. The lowest BCUT2D eigenvalue weighted by molar-refractivity contribution is -0.126. The van der Waals surface area contributed by atoms with Gasteiger partial charge in [-0.1, -0.05) is 18.3 Å². The van der Waals surface area contributed by atoms with Crippen LogP contribution < -0.4 is 16.0 Å². The maximum atomic E-state index is 14.4. The van der Waals surface area contributed by atoms with Crippen LogP contribution in [0, 0.1) is 24.1 Å². The van der Waals surface area contributed by atoms with Crippen molar-refractivity contribution in [1.82, 2.24) is 24.1 Å². The molecule has 13 heteroatoms. The zero-order valence-corrected chi connectivity index (χ0v) is 23.6. The zero-order valence-electron chi connectivity index (χ0n) is 22.8. The molecule has 11 nitrogen and oxygen atoms in total. The van der Waals surface area contributed by atoms with E-state index in [1.807, 2.05) is 6.07 Å². The summed E-state index contributed by atoms with van der Waals surface area (Å²) in [4.78, 5) is 42.7. The summed E-state index contributed by atoms with van der Waals surface area (Å²) in [6, 6.07) is 5.94. The Labute approximate surface area is 233 Å². The predicted octanol–water partition coefficient (Wildman–Crippen LogP) is 3.65. The van der Waals surface area contributed by atoms with Gasteiger partial charge in [-0.2, -0.15) is 15.5 Å². The van der Waals surface area contributed by atoms with Crippen molar-refractivity contribution in [3.05, 3.63) is 68.4 Å². The number of carbonyl (C=O) groups is 1. The topological polar surface area (TPSA) is 134 Å². The molecule has 0 aliphatic rings. The lowest BCUT2D eigenvalue weighted by atomic mass is 9.96. The summed E-state index contributed by atoms with van der Waals surface area (Å²) in [6.07, 6.45) is 2.22. The van der Waals surface area contributed by atoms with Gasteiger partial charge in [0, 0.05) is 17.5 Å². The van der Waals surface area contributed by atoms with Gasteiger partial charge in [-0.15, -0.1) is 4.80 Å². The minimum absolute atomic E-state index is 0.00407. The first kappa shape index (κ1) is 28.8. The number of hydrogen-bond donors (Lipinski definition) is 0. The van der Waals surface area contributed by atoms with Gasteiger partial charge < -0.3 is 9.47 Å². The third-order valence-electron chi connectivity index (χ3n) is 6.77. The molecule has 0 saturated heterocycles. The number of aromatic nitrogens is 5. The van der Waals surface area contributed by atoms with Crippen LogP contribution >= 0.6 is 11.3 Å². The number of aryl methyl sites for hydroxylation is 1. The molecule has 0 aliphatic heterocycles. The van der Waals surface area contributed by atoms with E-state index in [9.17, 15) is 18.8 Å². The third kappa shape index (κ3) is 5.07. The molecule has 40 heavy (non-hydrogen) atoms. The van der Waals surface area contributed by atoms with Crippen molar-refractivity contribution in [2.75, 3.05) is 13.7 Å². The number of fused-ring (bicyclic) bond motifs is 1. The first-order valence-electron chi connectivity index (χ1n) is 12.6. The maximum Gasteiger partial charge on any atom is 0.333 e. The Morgan fingerprint density at radius 1 is 1.25 bits per heavy atom. The minimum atomic E-state index is -1.45. The molecule has 0 bridgehead atoms. The second kappa shape index (κ2) is 11.5. The minimum Gasteiger partial charge on any atom is -0.496 e. The molecule has 0 unspecified atom stereocenters. The maximum absolute atomic E-state index is 14.4. The molecule has 4 rings (SSSR count). The molecule has 1 aromatic carbocycles. The molecule has 3 heterocycles. The predicted molar refractivity (Wildman–Crippen MR) is 146 cm³/mol. The Bertz CT molecular complexity index is 1710. The second-order valence-corrected chi connectivity index (χ2v) is 10.5. The van der Waals surface area contributed by atoms with Crippen LogP contribution in [-0.4, -0.2) is 43.6 Å². The van der Waals surface area contributed by atoms with Crippen LogP contribution in [0.2, 0.25) is 0 Å². The van der Waals surface area contributed by atoms with E-state index >= 15 is 0 Å². The fourth-order valence-electron chi connectivity index (χ4n) is 4.67. The molecular weight excluding hydrogens is 539 g/mol. The lowest BCUT2D eigenvalue weighted by Crippen LogP contribution is -2.52. The lowest BCUT2D eigenvalue weighted by Gasteiger charge is -2.27. The molecular formula is C27H29FN6O5S. The van der Waals surface area contributed by atoms with Crippen molar-refractivity contribution in [2.45, 2.75) is 58.7 Å². The van der Waals surface area contributed by atoms with Gasteiger partial charge in [-0.25, -0.2) is 13.8 Å². The highest BCUT2D eigenvalue weighted by molar-refractivity contribution is 7.21. The van der Waals surface area contributed by atoms with Crippen LogP contribution in [0.5, 0.6) is 5.75 Å². The second-order valence-electron chi connectivity index (χ2n) is 9.55. The number of nitrogens with zero attached hydrogens (tertiary/aromatic N) is 6. The van der Waals surface area contributed by atoms with Gasteiger partial charge in [0.25, 0.3) is 5.56 Å². The van der Waals surface area contributed by atoms with Crippen LogP contribution in [-0.2, 0) is 21.6 Å². The van der Waals surface area contributed by atoms with E-state index in [4.69, 9.17) is 14.7 Å². The SMILES string of the molecule is CCC(=O)C(C)(C)n1c(=O)c2c(C)c(-n3nccn3)sc2n(C[C@H](OCCC#N)c2cc(F)ccc2OC)c1=O. The molecule has 4 aromatic rings. The van der Waals surface area contributed by atoms with Gasteiger partial charge in [-0.3, -0.25) is 14.2 Å². The zero-order chi connectivity index (χ0) is 29.2. The van der Waals surface area contributed by atoms with Crippen molar-refractivity contribution in [2.24, 2.45) is 0 Å². The molecule has 0 aliphatic carbocycles. The average Bonchev–Trinajstić information content (AvgIpc) is 3.57. The van der Waals surface area contributed by atoms with Crippen LogP contribution in [0.25, 0.3) is 15.2 Å². The summed E-state index contributed by atoms with van der Waals surface area (Å²) in [5.74, 6) is -0.514. The summed E-state index contributed by atoms with van der Waals surface area (Å²) >= 11 is 1.14. The van der Waals surface area contributed by atoms with Crippen LogP contribution in [0.3, 0.4) is 0 Å². The number of Topliss-reactive ketones (excluding diaryl/α,β-unsaturated/α-hetero) is 1. The Morgan fingerprint density at radius 2 is 1.95 bits per heavy atom. The number of hydrogen-bond acceptors (Lipinski definition) is 9. The van der Waals surface area contributed by atoms with Crippen LogP contribution in [0.15, 0.2) is 40.2 Å². The number of carbonyl (C=O) groups excluding carboxylic acids is 1. The van der Waals surface area contributed by atoms with E-state index in [1.54, 1.807) is 13.8 Å². The molecule has 1 atom stereocenters. The van der Waals surface area contributed by atoms with Crippen molar-refractivity contribution < 1.29 is 18.7 Å². The summed E-state index contributed by atoms with van der Waals surface area (Å²) in [5, 5.41) is 18.2. The normalized spacial score (nSPS) is 12.4. The number of ketones is 1. The quantitative estimate of drug-likeness (QED) is 0.250. The summed E-state index contributed by atoms with van der Waals surface area (Å²) in [5.41, 5.74) is -1.93. The van der Waals surface area contributed by atoms with Crippen LogP contribution in [0.4, 0.5) is 4.39 Å². The Balaban J connectivity index is 2.04. The van der Waals surface area contributed by atoms with Crippen molar-refractivity contribution >= 4 is 27.3 Å². The van der Waals surface area contributed by atoms with Crippen molar-refractivity contribution in [3.8, 4) is 16.8 Å². The van der Waals surface area contributed by atoms with E-state index in [1.165, 1.54) is 60.9 Å². The average molecular weight is 569 g/mol. The molecule has 0 amide bonds. The number of benzene rings is 1. The molecule has 0 saturated carbocycles. The number of thiophene rings is 1. The van der Waals surface area contributed by atoms with Crippen LogP contribution in [0.1, 0.15) is 50.8 Å². The van der Waals surface area contributed by atoms with E-state index in [0.29, 0.717) is 26.7 Å². The van der Waals surface area contributed by atoms with E-state index in [-0.39, 0.29) is 37.2 Å². The number of ether oxygens (including phenoxy) is 2. The van der Waals surface area contributed by atoms with E-state index in [0.717, 1.165) is 15.9 Å². The highest BCUT2D eigenvalue weighted by Gasteiger charge is 2.35. The fraction of sp³-hybridized carbons (Fsp3) is 0.407. The molecule has 0 radical (unpaired) electrons. The summed E-state index contributed by atoms with van der Waals surface area (Å²) in [7, 11) is 1.43. The third-order valence-corrected chi connectivity index (χ3v) is 8.05. The van der Waals surface area contributed by atoms with Gasteiger partial charge in [0.1, 0.15) is 33.0 Å². The smallest absolute Gasteiger partial charge is 0.333 e.